The minimum Gasteiger partial charge on any atom is -0.457 e. The molecule has 0 N–H and O–H groups in total. The molecule has 29 heavy (non-hydrogen) atoms. The van der Waals surface area contributed by atoms with Gasteiger partial charge in [0.25, 0.3) is 0 Å². The Bertz CT molecular complexity index is 874. The lowest BCUT2D eigenvalue weighted by Gasteiger charge is -2.18. The molecule has 0 aliphatic rings. The van der Waals surface area contributed by atoms with E-state index in [1.807, 2.05) is 0 Å². The summed E-state index contributed by atoms with van der Waals surface area (Å²) in [4.78, 5) is -0.292. The maximum absolute atomic E-state index is 12.8. The third kappa shape index (κ3) is 6.88. The summed E-state index contributed by atoms with van der Waals surface area (Å²) in [6.07, 6.45) is 10.2. The van der Waals surface area contributed by atoms with Gasteiger partial charge in [0.05, 0.1) is 0 Å². The molecular formula is C20H12F6OS2. The van der Waals surface area contributed by atoms with E-state index in [9.17, 15) is 26.3 Å². The van der Waals surface area contributed by atoms with Gasteiger partial charge in [-0.3, -0.25) is 0 Å². The van der Waals surface area contributed by atoms with Crippen LogP contribution in [0.15, 0.2) is 46.2 Å². The Hall–Kier alpha value is -2.36. The SMILES string of the molecule is C#CCc1c(Oc2cccc(SC(F)(F)F)c2CC#C)cccc1SC(F)(F)F. The Kier molecular flexibility index (Phi) is 7.45. The Morgan fingerprint density at radius 2 is 1.10 bits per heavy atom. The van der Waals surface area contributed by atoms with Crippen LogP contribution in [0, 0.1) is 24.7 Å². The van der Waals surface area contributed by atoms with E-state index in [-0.39, 0.29) is 68.8 Å². The maximum Gasteiger partial charge on any atom is 0.446 e. The Morgan fingerprint density at radius 3 is 1.41 bits per heavy atom. The van der Waals surface area contributed by atoms with E-state index in [4.69, 9.17) is 17.6 Å². The molecule has 0 aromatic heterocycles. The monoisotopic (exact) mass is 446 g/mol. The molecule has 0 fully saturated rings. The van der Waals surface area contributed by atoms with Gasteiger partial charge in [0.1, 0.15) is 11.5 Å². The van der Waals surface area contributed by atoms with Crippen LogP contribution in [0.4, 0.5) is 26.3 Å². The van der Waals surface area contributed by atoms with Crippen LogP contribution in [0.3, 0.4) is 0 Å². The number of hydrogen-bond donors (Lipinski definition) is 0. The first-order chi connectivity index (χ1) is 13.5. The minimum absolute atomic E-state index is 0.0182. The van der Waals surface area contributed by atoms with Crippen LogP contribution in [0.5, 0.6) is 11.5 Å². The van der Waals surface area contributed by atoms with Crippen molar-refractivity contribution in [3.63, 3.8) is 0 Å². The summed E-state index contributed by atoms with van der Waals surface area (Å²) < 4.78 is 82.7. The molecule has 9 heteroatoms. The molecule has 0 aliphatic heterocycles. The van der Waals surface area contributed by atoms with Crippen LogP contribution >= 0.6 is 23.5 Å². The molecule has 2 aromatic rings. The van der Waals surface area contributed by atoms with Gasteiger partial charge < -0.3 is 4.74 Å². The standard InChI is InChI=1S/C20H12F6OS2/c1-3-7-13-15(9-5-11-17(13)28-19(21,22)23)27-16-10-6-12-18(14(16)8-4-2)29-20(24,25)26/h1-2,5-6,9-12H,7-8H2. The first-order valence-electron chi connectivity index (χ1n) is 7.84. The molecule has 0 amide bonds. The first-order valence-corrected chi connectivity index (χ1v) is 9.47. The van der Waals surface area contributed by atoms with Gasteiger partial charge in [-0.2, -0.15) is 26.3 Å². The lowest BCUT2D eigenvalue weighted by Crippen LogP contribution is -2.04. The molecule has 152 valence electrons. The molecule has 0 saturated heterocycles. The second kappa shape index (κ2) is 9.43. The van der Waals surface area contributed by atoms with Crippen LogP contribution in [0.25, 0.3) is 0 Å². The smallest absolute Gasteiger partial charge is 0.446 e. The highest BCUT2D eigenvalue weighted by atomic mass is 32.2. The number of rotatable bonds is 6. The molecule has 2 aromatic carbocycles. The Labute approximate surface area is 172 Å². The fourth-order valence-corrected chi connectivity index (χ4v) is 3.78. The maximum atomic E-state index is 12.8. The van der Waals surface area contributed by atoms with E-state index in [2.05, 4.69) is 11.8 Å². The largest absolute Gasteiger partial charge is 0.457 e. The fourth-order valence-electron chi connectivity index (χ4n) is 2.39. The molecule has 0 radical (unpaired) electrons. The van der Waals surface area contributed by atoms with Crippen LogP contribution < -0.4 is 4.74 Å². The number of hydrogen-bond acceptors (Lipinski definition) is 3. The van der Waals surface area contributed by atoms with Gasteiger partial charge in [0.15, 0.2) is 0 Å². The molecule has 0 heterocycles. The van der Waals surface area contributed by atoms with Crippen molar-refractivity contribution in [2.24, 2.45) is 0 Å². The van der Waals surface area contributed by atoms with E-state index < -0.39 is 11.0 Å². The zero-order valence-electron chi connectivity index (χ0n) is 14.5. The molecule has 2 rings (SSSR count). The normalized spacial score (nSPS) is 11.6. The fraction of sp³-hybridized carbons (Fsp3) is 0.200. The van der Waals surface area contributed by atoms with Crippen LogP contribution in [0.1, 0.15) is 11.1 Å². The number of ether oxygens (including phenoxy) is 1. The summed E-state index contributed by atoms with van der Waals surface area (Å²) in [6.45, 7) is 0. The van der Waals surface area contributed by atoms with Gasteiger partial charge in [0, 0.05) is 33.8 Å². The lowest BCUT2D eigenvalue weighted by molar-refractivity contribution is -0.0337. The lowest BCUT2D eigenvalue weighted by atomic mass is 10.1. The molecule has 0 unspecified atom stereocenters. The summed E-state index contributed by atoms with van der Waals surface area (Å²) in [5.74, 6) is 4.58. The van der Waals surface area contributed by atoms with Crippen molar-refractivity contribution in [2.75, 3.05) is 0 Å². The van der Waals surface area contributed by atoms with Crippen molar-refractivity contribution in [3.8, 4) is 36.2 Å². The average Bonchev–Trinajstić information content (AvgIpc) is 2.58. The van der Waals surface area contributed by atoms with E-state index >= 15 is 0 Å². The molecule has 0 saturated carbocycles. The van der Waals surface area contributed by atoms with Crippen molar-refractivity contribution in [3.05, 3.63) is 47.5 Å². The molecule has 0 spiro atoms. The van der Waals surface area contributed by atoms with Crippen molar-refractivity contribution in [1.29, 1.82) is 0 Å². The quantitative estimate of drug-likeness (QED) is 0.267. The summed E-state index contributed by atoms with van der Waals surface area (Å²) >= 11 is -0.687. The highest BCUT2D eigenvalue weighted by Crippen LogP contribution is 2.44. The van der Waals surface area contributed by atoms with Gasteiger partial charge in [-0.1, -0.05) is 12.1 Å². The van der Waals surface area contributed by atoms with Gasteiger partial charge in [-0.15, -0.1) is 24.7 Å². The Balaban J connectivity index is 2.51. The number of alkyl halides is 6. The average molecular weight is 446 g/mol. The third-order valence-corrected chi connectivity index (χ3v) is 5.08. The number of benzene rings is 2. The summed E-state index contributed by atoms with van der Waals surface area (Å²) in [5, 5.41) is 0. The summed E-state index contributed by atoms with van der Waals surface area (Å²) in [6, 6.07) is 7.98. The first kappa shape index (κ1) is 22.9. The predicted molar refractivity (Wildman–Crippen MR) is 102 cm³/mol. The van der Waals surface area contributed by atoms with Gasteiger partial charge in [0.2, 0.25) is 0 Å². The van der Waals surface area contributed by atoms with Gasteiger partial charge in [-0.05, 0) is 47.8 Å². The van der Waals surface area contributed by atoms with E-state index in [1.54, 1.807) is 0 Å². The molecule has 0 atom stereocenters. The molecular weight excluding hydrogens is 434 g/mol. The van der Waals surface area contributed by atoms with Crippen molar-refractivity contribution >= 4 is 23.5 Å². The van der Waals surface area contributed by atoms with Crippen molar-refractivity contribution < 1.29 is 31.1 Å². The number of halogens is 6. The highest BCUT2D eigenvalue weighted by Gasteiger charge is 2.32. The zero-order chi connectivity index (χ0) is 21.7. The van der Waals surface area contributed by atoms with Gasteiger partial charge >= 0.3 is 11.0 Å². The topological polar surface area (TPSA) is 9.23 Å². The Morgan fingerprint density at radius 1 is 0.724 bits per heavy atom. The van der Waals surface area contributed by atoms with E-state index in [0.717, 1.165) is 0 Å². The molecule has 0 bridgehead atoms. The summed E-state index contributed by atoms with van der Waals surface area (Å²) in [5.41, 5.74) is -8.87. The number of thioether (sulfide) groups is 2. The molecule has 0 aliphatic carbocycles. The summed E-state index contributed by atoms with van der Waals surface area (Å²) in [7, 11) is 0. The predicted octanol–water partition coefficient (Wildman–Crippen LogP) is 7.05. The highest BCUT2D eigenvalue weighted by molar-refractivity contribution is 8.00. The van der Waals surface area contributed by atoms with Crippen molar-refractivity contribution in [1.82, 2.24) is 0 Å². The minimum atomic E-state index is -4.54. The number of terminal acetylenes is 2. The van der Waals surface area contributed by atoms with E-state index in [1.165, 1.54) is 36.4 Å². The van der Waals surface area contributed by atoms with Crippen LogP contribution in [0.2, 0.25) is 0 Å². The van der Waals surface area contributed by atoms with E-state index in [0.29, 0.717) is 0 Å². The zero-order valence-corrected chi connectivity index (χ0v) is 16.2. The van der Waals surface area contributed by atoms with Crippen LogP contribution in [-0.4, -0.2) is 11.0 Å². The van der Waals surface area contributed by atoms with Gasteiger partial charge in [-0.25, -0.2) is 0 Å². The van der Waals surface area contributed by atoms with Crippen LogP contribution in [-0.2, 0) is 12.8 Å². The second-order valence-corrected chi connectivity index (χ2v) is 7.64. The third-order valence-electron chi connectivity index (χ3n) is 3.41. The second-order valence-electron chi connectivity index (χ2n) is 5.43. The van der Waals surface area contributed by atoms with Crippen molar-refractivity contribution in [2.45, 2.75) is 33.6 Å². The molecule has 1 nitrogen and oxygen atoms in total.